The lowest BCUT2D eigenvalue weighted by Crippen LogP contribution is -2.13. The van der Waals surface area contributed by atoms with Gasteiger partial charge in [-0.3, -0.25) is 0 Å². The van der Waals surface area contributed by atoms with Crippen LogP contribution in [-0.2, 0) is 6.42 Å². The summed E-state index contributed by atoms with van der Waals surface area (Å²) in [6.07, 6.45) is 0.935. The van der Waals surface area contributed by atoms with Crippen LogP contribution < -0.4 is 5.32 Å². The Morgan fingerprint density at radius 2 is 1.63 bits per heavy atom. The van der Waals surface area contributed by atoms with Crippen LogP contribution in [0.5, 0.6) is 5.75 Å². The molecule has 19 heavy (non-hydrogen) atoms. The highest BCUT2D eigenvalue weighted by atomic mass is 16.3. The van der Waals surface area contributed by atoms with E-state index in [0.717, 1.165) is 29.9 Å². The van der Waals surface area contributed by atoms with Gasteiger partial charge in [0, 0.05) is 17.0 Å². The zero-order valence-corrected chi connectivity index (χ0v) is 11.6. The van der Waals surface area contributed by atoms with Crippen LogP contribution in [0.2, 0.25) is 0 Å². The van der Waals surface area contributed by atoms with Crippen LogP contribution in [0.15, 0.2) is 24.3 Å². The molecular formula is C15H19N3O. The summed E-state index contributed by atoms with van der Waals surface area (Å²) in [5.41, 5.74) is 4.16. The summed E-state index contributed by atoms with van der Waals surface area (Å²) < 4.78 is 0. The highest BCUT2D eigenvalue weighted by molar-refractivity contribution is 5.57. The second kappa shape index (κ2) is 5.80. The second-order valence-electron chi connectivity index (χ2n) is 4.60. The average Bonchev–Trinajstić information content (AvgIpc) is 2.38. The van der Waals surface area contributed by atoms with Crippen molar-refractivity contribution < 1.29 is 5.11 Å². The van der Waals surface area contributed by atoms with Gasteiger partial charge in [-0.05, 0) is 63.7 Å². The first-order chi connectivity index (χ1) is 9.11. The fourth-order valence-corrected chi connectivity index (χ4v) is 2.09. The van der Waals surface area contributed by atoms with Crippen LogP contribution in [0.1, 0.15) is 17.0 Å². The van der Waals surface area contributed by atoms with E-state index >= 15 is 0 Å². The number of aryl methyl sites for hydroxylation is 2. The summed E-state index contributed by atoms with van der Waals surface area (Å²) in [6.45, 7) is 4.96. The fourth-order valence-electron chi connectivity index (χ4n) is 2.09. The number of phenols is 1. The molecule has 0 bridgehead atoms. The van der Waals surface area contributed by atoms with Crippen LogP contribution in [0, 0.1) is 13.8 Å². The summed E-state index contributed by atoms with van der Waals surface area (Å²) in [6, 6.07) is 6.96. The predicted octanol–water partition coefficient (Wildman–Crippen LogP) is 2.23. The van der Waals surface area contributed by atoms with Crippen molar-refractivity contribution in [2.75, 3.05) is 13.6 Å². The Morgan fingerprint density at radius 3 is 2.16 bits per heavy atom. The van der Waals surface area contributed by atoms with Crippen LogP contribution >= 0.6 is 0 Å². The Balaban J connectivity index is 2.36. The molecule has 0 atom stereocenters. The Hall–Kier alpha value is -1.94. The second-order valence-corrected chi connectivity index (χ2v) is 4.60. The summed E-state index contributed by atoms with van der Waals surface area (Å²) in [4.78, 5) is 9.13. The zero-order chi connectivity index (χ0) is 13.8. The topological polar surface area (TPSA) is 58.0 Å². The lowest BCUT2D eigenvalue weighted by atomic mass is 10.1. The van der Waals surface area contributed by atoms with Gasteiger partial charge < -0.3 is 10.4 Å². The molecule has 100 valence electrons. The molecule has 0 spiro atoms. The van der Waals surface area contributed by atoms with Crippen LogP contribution in [0.3, 0.4) is 0 Å². The van der Waals surface area contributed by atoms with Crippen LogP contribution in [-0.4, -0.2) is 28.7 Å². The number of hydrogen-bond acceptors (Lipinski definition) is 4. The lowest BCUT2D eigenvalue weighted by Gasteiger charge is -2.10. The van der Waals surface area contributed by atoms with Gasteiger partial charge in [0.05, 0.1) is 0 Å². The smallest absolute Gasteiger partial charge is 0.159 e. The number of nitrogens with one attached hydrogen (secondary N) is 1. The Morgan fingerprint density at radius 1 is 1.05 bits per heavy atom. The van der Waals surface area contributed by atoms with Gasteiger partial charge in [0.15, 0.2) is 5.82 Å². The summed E-state index contributed by atoms with van der Waals surface area (Å²) in [5.74, 6) is 0.964. The molecule has 0 radical (unpaired) electrons. The molecule has 2 rings (SSSR count). The molecule has 0 amide bonds. The van der Waals surface area contributed by atoms with E-state index in [1.54, 1.807) is 12.1 Å². The SMILES string of the molecule is CNCCc1c(C)nc(-c2ccc(O)cc2)nc1C. The van der Waals surface area contributed by atoms with E-state index in [1.165, 1.54) is 5.56 Å². The van der Waals surface area contributed by atoms with Crippen molar-refractivity contribution in [1.82, 2.24) is 15.3 Å². The maximum atomic E-state index is 9.31. The molecule has 0 unspecified atom stereocenters. The molecule has 4 heteroatoms. The van der Waals surface area contributed by atoms with Crippen molar-refractivity contribution in [3.05, 3.63) is 41.2 Å². The van der Waals surface area contributed by atoms with Crippen molar-refractivity contribution in [1.29, 1.82) is 0 Å². The molecular weight excluding hydrogens is 238 g/mol. The molecule has 1 heterocycles. The third kappa shape index (κ3) is 3.09. The minimum atomic E-state index is 0.253. The summed E-state index contributed by atoms with van der Waals surface area (Å²) in [5, 5.41) is 12.4. The molecule has 2 N–H and O–H groups in total. The normalized spacial score (nSPS) is 10.7. The van der Waals surface area contributed by atoms with Gasteiger partial charge in [-0.2, -0.15) is 0 Å². The molecule has 4 nitrogen and oxygen atoms in total. The summed E-state index contributed by atoms with van der Waals surface area (Å²) in [7, 11) is 1.94. The Bertz CT molecular complexity index is 541. The highest BCUT2D eigenvalue weighted by Crippen LogP contribution is 2.21. The molecule has 0 aliphatic carbocycles. The molecule has 1 aromatic carbocycles. The van der Waals surface area contributed by atoms with Gasteiger partial charge >= 0.3 is 0 Å². The molecule has 0 aliphatic rings. The van der Waals surface area contributed by atoms with Crippen LogP contribution in [0.4, 0.5) is 0 Å². The number of nitrogens with zero attached hydrogens (tertiary/aromatic N) is 2. The van der Waals surface area contributed by atoms with Gasteiger partial charge in [-0.1, -0.05) is 0 Å². The molecule has 0 saturated heterocycles. The number of hydrogen-bond donors (Lipinski definition) is 2. The first kappa shape index (κ1) is 13.5. The zero-order valence-electron chi connectivity index (χ0n) is 11.6. The largest absolute Gasteiger partial charge is 0.508 e. The number of aromatic hydroxyl groups is 1. The number of aromatic nitrogens is 2. The van der Waals surface area contributed by atoms with Crippen molar-refractivity contribution in [3.8, 4) is 17.1 Å². The molecule has 0 fully saturated rings. The van der Waals surface area contributed by atoms with E-state index in [9.17, 15) is 5.11 Å². The standard InChI is InChI=1S/C15H19N3O/c1-10-14(8-9-16-3)11(2)18-15(17-10)12-4-6-13(19)7-5-12/h4-7,16,19H,8-9H2,1-3H3. The van der Waals surface area contributed by atoms with Gasteiger partial charge in [0.1, 0.15) is 5.75 Å². The molecule has 2 aromatic rings. The Kier molecular flexibility index (Phi) is 4.12. The fraction of sp³-hybridized carbons (Fsp3) is 0.333. The van der Waals surface area contributed by atoms with E-state index in [1.807, 2.05) is 33.0 Å². The number of rotatable bonds is 4. The van der Waals surface area contributed by atoms with Crippen molar-refractivity contribution in [2.45, 2.75) is 20.3 Å². The van der Waals surface area contributed by atoms with Crippen molar-refractivity contribution in [2.24, 2.45) is 0 Å². The van der Waals surface area contributed by atoms with Gasteiger partial charge in [-0.15, -0.1) is 0 Å². The predicted molar refractivity (Wildman–Crippen MR) is 76.2 cm³/mol. The van der Waals surface area contributed by atoms with E-state index in [2.05, 4.69) is 15.3 Å². The lowest BCUT2D eigenvalue weighted by molar-refractivity contribution is 0.475. The molecule has 0 saturated carbocycles. The monoisotopic (exact) mass is 257 g/mol. The van der Waals surface area contributed by atoms with E-state index < -0.39 is 0 Å². The minimum absolute atomic E-state index is 0.253. The third-order valence-corrected chi connectivity index (χ3v) is 3.17. The highest BCUT2D eigenvalue weighted by Gasteiger charge is 2.09. The van der Waals surface area contributed by atoms with Crippen molar-refractivity contribution in [3.63, 3.8) is 0 Å². The first-order valence-electron chi connectivity index (χ1n) is 6.40. The van der Waals surface area contributed by atoms with Gasteiger partial charge in [-0.25, -0.2) is 9.97 Å². The Labute approximate surface area is 113 Å². The third-order valence-electron chi connectivity index (χ3n) is 3.17. The van der Waals surface area contributed by atoms with E-state index in [0.29, 0.717) is 5.82 Å². The quantitative estimate of drug-likeness (QED) is 0.882. The number of phenolic OH excluding ortho intramolecular Hbond substituents is 1. The van der Waals surface area contributed by atoms with Crippen LogP contribution in [0.25, 0.3) is 11.4 Å². The van der Waals surface area contributed by atoms with E-state index in [-0.39, 0.29) is 5.75 Å². The number of benzene rings is 1. The van der Waals surface area contributed by atoms with Crippen molar-refractivity contribution >= 4 is 0 Å². The molecule has 1 aromatic heterocycles. The molecule has 0 aliphatic heterocycles. The number of likely N-dealkylation sites (N-methyl/N-ethyl adjacent to an activating group) is 1. The first-order valence-corrected chi connectivity index (χ1v) is 6.40. The van der Waals surface area contributed by atoms with Gasteiger partial charge in [0.2, 0.25) is 0 Å². The van der Waals surface area contributed by atoms with Gasteiger partial charge in [0.25, 0.3) is 0 Å². The minimum Gasteiger partial charge on any atom is -0.508 e. The maximum Gasteiger partial charge on any atom is 0.159 e. The summed E-state index contributed by atoms with van der Waals surface area (Å²) >= 11 is 0. The van der Waals surface area contributed by atoms with E-state index in [4.69, 9.17) is 0 Å². The average molecular weight is 257 g/mol. The maximum absolute atomic E-state index is 9.31.